The van der Waals surface area contributed by atoms with E-state index in [0.717, 1.165) is 69.7 Å². The first kappa shape index (κ1) is 31.6. The topological polar surface area (TPSA) is 145 Å². The fourth-order valence-corrected chi connectivity index (χ4v) is 4.72. The maximum absolute atomic E-state index is 11.4. The summed E-state index contributed by atoms with van der Waals surface area (Å²) in [6.45, 7) is 4.53. The van der Waals surface area contributed by atoms with Crippen LogP contribution in [0.4, 0.5) is 5.69 Å². The van der Waals surface area contributed by atoms with E-state index >= 15 is 0 Å². The molecule has 0 heterocycles. The van der Waals surface area contributed by atoms with Crippen molar-refractivity contribution >= 4 is 21.7 Å². The molecular weight excluding hydrogens is 508 g/mol. The van der Waals surface area contributed by atoms with Gasteiger partial charge in [-0.05, 0) is 86.4 Å². The number of aromatic hydroxyl groups is 1. The van der Waals surface area contributed by atoms with Gasteiger partial charge in [0.15, 0.2) is 0 Å². The molecule has 0 radical (unpaired) electrons. The Bertz CT molecular complexity index is 1120. The van der Waals surface area contributed by atoms with Gasteiger partial charge in [0.25, 0.3) is 0 Å². The van der Waals surface area contributed by atoms with Crippen molar-refractivity contribution in [3.63, 3.8) is 0 Å². The molecule has 10 heteroatoms. The number of aryl methyl sites for hydroxylation is 2. The molecule has 1 atom stereocenters. The lowest BCUT2D eigenvalue weighted by Crippen LogP contribution is -2.22. The predicted octanol–water partition coefficient (Wildman–Crippen LogP) is 4.25. The van der Waals surface area contributed by atoms with Crippen LogP contribution in [-0.2, 0) is 27.6 Å². The van der Waals surface area contributed by atoms with Crippen molar-refractivity contribution in [3.8, 4) is 5.75 Å². The maximum Gasteiger partial charge on any atom is 0.335 e. The highest BCUT2D eigenvalue weighted by Gasteiger charge is 2.13. The minimum Gasteiger partial charge on any atom is -0.506 e. The Morgan fingerprint density at radius 2 is 1.74 bits per heavy atom. The molecule has 5 N–H and O–H groups in total. The number of benzene rings is 2. The molecule has 0 saturated heterocycles. The molecule has 0 aliphatic heterocycles. The molecule has 2 rings (SSSR count). The second-order valence-corrected chi connectivity index (χ2v) is 11.3. The summed E-state index contributed by atoms with van der Waals surface area (Å²) in [5.74, 6) is -1.06. The van der Waals surface area contributed by atoms with E-state index in [4.69, 9.17) is 4.74 Å². The minimum absolute atomic E-state index is 0.0413. The molecule has 0 aliphatic carbocycles. The number of carboxylic acid groups (broad SMARTS) is 1. The number of hydrogen-bond donors (Lipinski definition) is 5. The largest absolute Gasteiger partial charge is 0.506 e. The number of carbonyl (C=O) groups is 1. The molecule has 0 bridgehead atoms. The van der Waals surface area contributed by atoms with E-state index in [1.54, 1.807) is 12.1 Å². The quantitative estimate of drug-likeness (QED) is 0.129. The van der Waals surface area contributed by atoms with Gasteiger partial charge in [-0.2, -0.15) is 0 Å². The van der Waals surface area contributed by atoms with Crippen LogP contribution in [0.2, 0.25) is 0 Å². The summed E-state index contributed by atoms with van der Waals surface area (Å²) in [4.78, 5) is 11.3. The number of rotatable bonds is 19. The van der Waals surface area contributed by atoms with E-state index in [1.807, 2.05) is 12.1 Å². The van der Waals surface area contributed by atoms with Crippen molar-refractivity contribution in [2.75, 3.05) is 37.3 Å². The summed E-state index contributed by atoms with van der Waals surface area (Å²) in [5.41, 5.74) is 3.04. The van der Waals surface area contributed by atoms with Crippen LogP contribution in [0.5, 0.6) is 5.75 Å². The lowest BCUT2D eigenvalue weighted by Gasteiger charge is -2.15. The fourth-order valence-electron chi connectivity index (χ4n) is 4.15. The first-order valence-electron chi connectivity index (χ1n) is 13.2. The molecule has 38 heavy (non-hydrogen) atoms. The standard InChI is InChI=1S/C28H42N2O7S/c1-3-9-22-18-21(11-13-24(22)28(33)34)10-5-8-17-37-16-7-4-6-15-29-20-27(32)23-12-14-26(31)25(19-23)30-38(2,35)36/h11-14,18-19,27,29-32H,3-10,15-17,20H2,1-2H3,(H,33,34). The number of sulfonamides is 1. The number of phenols is 1. The van der Waals surface area contributed by atoms with Crippen molar-refractivity contribution in [1.29, 1.82) is 0 Å². The van der Waals surface area contributed by atoms with Gasteiger partial charge in [0, 0.05) is 19.8 Å². The summed E-state index contributed by atoms with van der Waals surface area (Å²) in [6.07, 6.45) is 7.64. The first-order valence-corrected chi connectivity index (χ1v) is 15.1. The fraction of sp³-hybridized carbons (Fsp3) is 0.536. The van der Waals surface area contributed by atoms with Crippen molar-refractivity contribution in [1.82, 2.24) is 5.32 Å². The first-order chi connectivity index (χ1) is 18.1. The molecule has 0 fully saturated rings. The van der Waals surface area contributed by atoms with E-state index in [1.165, 1.54) is 17.7 Å². The summed E-state index contributed by atoms with van der Waals surface area (Å²) in [7, 11) is -3.53. The average molecular weight is 551 g/mol. The summed E-state index contributed by atoms with van der Waals surface area (Å²) < 4.78 is 30.8. The number of aliphatic hydroxyl groups is 1. The van der Waals surface area contributed by atoms with E-state index in [2.05, 4.69) is 17.0 Å². The van der Waals surface area contributed by atoms with Gasteiger partial charge in [-0.25, -0.2) is 13.2 Å². The Labute approximate surface area is 226 Å². The highest BCUT2D eigenvalue weighted by Crippen LogP contribution is 2.27. The van der Waals surface area contributed by atoms with Crippen LogP contribution in [0.25, 0.3) is 0 Å². The zero-order valence-corrected chi connectivity index (χ0v) is 23.2. The number of hydrogen-bond acceptors (Lipinski definition) is 7. The van der Waals surface area contributed by atoms with Crippen molar-refractivity contribution in [2.45, 2.75) is 64.4 Å². The highest BCUT2D eigenvalue weighted by molar-refractivity contribution is 7.92. The normalized spacial score (nSPS) is 12.4. The second-order valence-electron chi connectivity index (χ2n) is 9.55. The zero-order chi connectivity index (χ0) is 28.0. The Morgan fingerprint density at radius 1 is 1.00 bits per heavy atom. The van der Waals surface area contributed by atoms with Crippen LogP contribution in [0.15, 0.2) is 36.4 Å². The third kappa shape index (κ3) is 11.8. The second kappa shape index (κ2) is 16.3. The third-order valence-corrected chi connectivity index (χ3v) is 6.69. The molecule has 212 valence electrons. The Morgan fingerprint density at radius 3 is 2.42 bits per heavy atom. The average Bonchev–Trinajstić information content (AvgIpc) is 2.85. The van der Waals surface area contributed by atoms with E-state index in [-0.39, 0.29) is 11.4 Å². The number of ether oxygens (including phenoxy) is 1. The number of aliphatic hydroxyl groups excluding tert-OH is 1. The summed E-state index contributed by atoms with van der Waals surface area (Å²) in [5, 5.41) is 32.7. The van der Waals surface area contributed by atoms with Gasteiger partial charge >= 0.3 is 5.97 Å². The van der Waals surface area contributed by atoms with Crippen LogP contribution in [0, 0.1) is 0 Å². The van der Waals surface area contributed by atoms with E-state index in [9.17, 15) is 28.5 Å². The number of nitrogens with one attached hydrogen (secondary N) is 2. The van der Waals surface area contributed by atoms with Crippen LogP contribution in [0.3, 0.4) is 0 Å². The maximum atomic E-state index is 11.4. The van der Waals surface area contributed by atoms with Gasteiger partial charge in [0.05, 0.1) is 23.6 Å². The molecule has 1 unspecified atom stereocenters. The number of anilines is 1. The monoisotopic (exact) mass is 550 g/mol. The predicted molar refractivity (Wildman–Crippen MR) is 149 cm³/mol. The Kier molecular flexibility index (Phi) is 13.6. The molecule has 0 saturated carbocycles. The van der Waals surface area contributed by atoms with Crippen LogP contribution >= 0.6 is 0 Å². The minimum atomic E-state index is -3.53. The van der Waals surface area contributed by atoms with Gasteiger partial charge in [-0.1, -0.05) is 31.5 Å². The third-order valence-electron chi connectivity index (χ3n) is 6.10. The smallest absolute Gasteiger partial charge is 0.335 e. The Hall–Kier alpha value is -2.66. The molecule has 0 spiro atoms. The lowest BCUT2D eigenvalue weighted by atomic mass is 9.98. The van der Waals surface area contributed by atoms with Crippen LogP contribution < -0.4 is 10.0 Å². The van der Waals surface area contributed by atoms with Gasteiger partial charge in [0.2, 0.25) is 10.0 Å². The molecule has 0 aromatic heterocycles. The number of carboxylic acids is 1. The highest BCUT2D eigenvalue weighted by atomic mass is 32.2. The Balaban J connectivity index is 1.53. The van der Waals surface area contributed by atoms with Crippen molar-refractivity contribution in [3.05, 3.63) is 58.7 Å². The van der Waals surface area contributed by atoms with Gasteiger partial charge < -0.3 is 25.4 Å². The summed E-state index contributed by atoms with van der Waals surface area (Å²) >= 11 is 0. The van der Waals surface area contributed by atoms with E-state index in [0.29, 0.717) is 30.9 Å². The zero-order valence-electron chi connectivity index (χ0n) is 22.4. The molecular formula is C28H42N2O7S. The number of unbranched alkanes of at least 4 members (excludes halogenated alkanes) is 3. The van der Waals surface area contributed by atoms with Gasteiger partial charge in [-0.3, -0.25) is 4.72 Å². The number of aromatic carboxylic acids is 1. The molecule has 2 aromatic carbocycles. The van der Waals surface area contributed by atoms with Crippen molar-refractivity contribution in [2.24, 2.45) is 0 Å². The molecule has 9 nitrogen and oxygen atoms in total. The lowest BCUT2D eigenvalue weighted by molar-refractivity contribution is 0.0695. The van der Waals surface area contributed by atoms with Crippen LogP contribution in [0.1, 0.15) is 78.6 Å². The van der Waals surface area contributed by atoms with Crippen LogP contribution in [-0.4, -0.2) is 62.3 Å². The SMILES string of the molecule is CCCc1cc(CCCCOCCCCCNCC(O)c2ccc(O)c(NS(C)(=O)=O)c2)ccc1C(=O)O. The van der Waals surface area contributed by atoms with Gasteiger partial charge in [0.1, 0.15) is 5.75 Å². The van der Waals surface area contributed by atoms with Gasteiger partial charge in [-0.15, -0.1) is 0 Å². The molecule has 2 aromatic rings. The molecule has 0 aliphatic rings. The molecule has 0 amide bonds. The van der Waals surface area contributed by atoms with E-state index < -0.39 is 22.1 Å². The van der Waals surface area contributed by atoms with Crippen molar-refractivity contribution < 1.29 is 33.3 Å². The number of phenolic OH excluding ortho intramolecular Hbond substituents is 1. The summed E-state index contributed by atoms with van der Waals surface area (Å²) in [6, 6.07) is 10.0.